The minimum Gasteiger partial charge on any atom is -0.487 e. The van der Waals surface area contributed by atoms with Gasteiger partial charge in [-0.1, -0.05) is 32.0 Å². The van der Waals surface area contributed by atoms with Gasteiger partial charge in [0.2, 0.25) is 15.9 Å². The lowest BCUT2D eigenvalue weighted by atomic mass is 10.1. The number of carbonyl (C=O) groups is 1. The number of fused-ring (bicyclic) bond motifs is 2. The van der Waals surface area contributed by atoms with E-state index in [9.17, 15) is 13.2 Å². The lowest BCUT2D eigenvalue weighted by Gasteiger charge is -2.31. The van der Waals surface area contributed by atoms with Crippen molar-refractivity contribution in [1.82, 2.24) is 14.2 Å². The predicted octanol–water partition coefficient (Wildman–Crippen LogP) is 3.07. The number of rotatable bonds is 4. The van der Waals surface area contributed by atoms with Crippen LogP contribution in [0.3, 0.4) is 0 Å². The number of pyridine rings is 1. The number of sulfonamides is 1. The van der Waals surface area contributed by atoms with Gasteiger partial charge in [-0.3, -0.25) is 9.78 Å². The highest BCUT2D eigenvalue weighted by molar-refractivity contribution is 7.89. The number of benzene rings is 1. The normalized spacial score (nSPS) is 23.3. The van der Waals surface area contributed by atoms with Crippen LogP contribution in [-0.2, 0) is 21.4 Å². The first-order chi connectivity index (χ1) is 14.9. The van der Waals surface area contributed by atoms with Gasteiger partial charge in [-0.15, -0.1) is 0 Å². The zero-order valence-electron chi connectivity index (χ0n) is 18.0. The summed E-state index contributed by atoms with van der Waals surface area (Å²) in [5.41, 5.74) is 0.821. The second-order valence-corrected chi connectivity index (χ2v) is 10.5. The van der Waals surface area contributed by atoms with E-state index < -0.39 is 10.0 Å². The van der Waals surface area contributed by atoms with Crippen LogP contribution in [0.1, 0.15) is 38.7 Å². The van der Waals surface area contributed by atoms with Crippen molar-refractivity contribution in [3.05, 3.63) is 54.4 Å². The van der Waals surface area contributed by atoms with Crippen LogP contribution in [0.5, 0.6) is 5.75 Å². The summed E-state index contributed by atoms with van der Waals surface area (Å²) in [6.07, 6.45) is 4.65. The summed E-state index contributed by atoms with van der Waals surface area (Å²) in [7, 11) is -3.78. The van der Waals surface area contributed by atoms with Crippen molar-refractivity contribution >= 4 is 15.9 Å². The van der Waals surface area contributed by atoms with E-state index in [1.165, 1.54) is 0 Å². The molecule has 1 amide bonds. The third-order valence-corrected chi connectivity index (χ3v) is 7.80. The van der Waals surface area contributed by atoms with Crippen molar-refractivity contribution in [3.8, 4) is 5.75 Å². The summed E-state index contributed by atoms with van der Waals surface area (Å²) in [6, 6.07) is 10.1. The van der Waals surface area contributed by atoms with Gasteiger partial charge in [0.05, 0.1) is 6.04 Å². The van der Waals surface area contributed by atoms with Crippen molar-refractivity contribution in [2.24, 2.45) is 5.92 Å². The number of carbonyl (C=O) groups excluding carboxylic acids is 1. The molecule has 1 fully saturated rings. The molecule has 1 aromatic heterocycles. The number of nitrogens with zero attached hydrogens (tertiary/aromatic N) is 3. The van der Waals surface area contributed by atoms with Crippen molar-refractivity contribution in [3.63, 3.8) is 0 Å². The molecule has 1 aromatic carbocycles. The fourth-order valence-electron chi connectivity index (χ4n) is 4.36. The van der Waals surface area contributed by atoms with Crippen LogP contribution < -0.4 is 4.74 Å². The van der Waals surface area contributed by atoms with Gasteiger partial charge in [-0.05, 0) is 36.1 Å². The van der Waals surface area contributed by atoms with E-state index in [4.69, 9.17) is 4.74 Å². The Bertz CT molecular complexity index is 1030. The molecule has 0 N–H and O–H groups in total. The van der Waals surface area contributed by atoms with Crippen molar-refractivity contribution < 1.29 is 17.9 Å². The van der Waals surface area contributed by atoms with E-state index in [2.05, 4.69) is 4.98 Å². The van der Waals surface area contributed by atoms with Crippen LogP contribution in [-0.4, -0.2) is 53.7 Å². The SMILES string of the molecule is CC(C)CC(=O)N1CC[C@@H]2[C@@H](CC1)Oc1ccccc1S(=O)(=O)N2Cc1cccnc1. The molecule has 2 aliphatic heterocycles. The van der Waals surface area contributed by atoms with Gasteiger partial charge in [-0.25, -0.2) is 8.42 Å². The molecule has 0 spiro atoms. The topological polar surface area (TPSA) is 79.8 Å². The first kappa shape index (κ1) is 21.8. The van der Waals surface area contributed by atoms with E-state index in [0.29, 0.717) is 38.1 Å². The molecular weight excluding hydrogens is 414 g/mol. The third kappa shape index (κ3) is 4.60. The molecule has 2 aliphatic rings. The highest BCUT2D eigenvalue weighted by Gasteiger charge is 2.43. The fourth-order valence-corrected chi connectivity index (χ4v) is 6.15. The second kappa shape index (κ2) is 8.96. The van der Waals surface area contributed by atoms with Gasteiger partial charge in [0, 0.05) is 44.9 Å². The third-order valence-electron chi connectivity index (χ3n) is 5.89. The number of hydrogen-bond donors (Lipinski definition) is 0. The number of ether oxygens (including phenoxy) is 1. The average molecular weight is 444 g/mol. The van der Waals surface area contributed by atoms with Crippen LogP contribution in [0.2, 0.25) is 0 Å². The Kier molecular flexibility index (Phi) is 6.29. The standard InChI is InChI=1S/C23H29N3O4S/c1-17(2)14-23(27)25-12-9-19-20(10-13-25)30-21-7-3-4-8-22(21)31(28,29)26(19)16-18-6-5-11-24-15-18/h3-8,11,15,17,19-20H,9-10,12-14,16H2,1-2H3/t19-,20-/m1/s1. The molecule has 166 valence electrons. The fraction of sp³-hybridized carbons (Fsp3) is 0.478. The van der Waals surface area contributed by atoms with Crippen molar-refractivity contribution in [1.29, 1.82) is 0 Å². The smallest absolute Gasteiger partial charge is 0.247 e. The van der Waals surface area contributed by atoms with E-state index in [0.717, 1.165) is 5.56 Å². The van der Waals surface area contributed by atoms with Gasteiger partial charge in [0.15, 0.2) is 0 Å². The van der Waals surface area contributed by atoms with Gasteiger partial charge in [0.25, 0.3) is 0 Å². The lowest BCUT2D eigenvalue weighted by molar-refractivity contribution is -0.131. The molecule has 2 aromatic rings. The predicted molar refractivity (Wildman–Crippen MR) is 117 cm³/mol. The number of hydrogen-bond acceptors (Lipinski definition) is 5. The number of amides is 1. The highest BCUT2D eigenvalue weighted by Crippen LogP contribution is 2.37. The van der Waals surface area contributed by atoms with E-state index >= 15 is 0 Å². The Labute approximate surface area is 184 Å². The minimum atomic E-state index is -3.78. The quantitative estimate of drug-likeness (QED) is 0.726. The molecular formula is C23H29N3O4S. The summed E-state index contributed by atoms with van der Waals surface area (Å²) in [5, 5.41) is 0. The molecule has 0 unspecified atom stereocenters. The summed E-state index contributed by atoms with van der Waals surface area (Å²) >= 11 is 0. The molecule has 31 heavy (non-hydrogen) atoms. The Balaban J connectivity index is 1.70. The number of aromatic nitrogens is 1. The van der Waals surface area contributed by atoms with Crippen molar-refractivity contribution in [2.45, 2.75) is 56.7 Å². The number of para-hydroxylation sites is 1. The minimum absolute atomic E-state index is 0.119. The summed E-state index contributed by atoms with van der Waals surface area (Å²) in [4.78, 5) is 18.9. The molecule has 8 heteroatoms. The van der Waals surface area contributed by atoms with Crippen LogP contribution in [0.25, 0.3) is 0 Å². The van der Waals surface area contributed by atoms with Gasteiger partial charge in [0.1, 0.15) is 16.7 Å². The molecule has 0 saturated carbocycles. The average Bonchev–Trinajstić information content (AvgIpc) is 2.99. The Morgan fingerprint density at radius 1 is 1.16 bits per heavy atom. The van der Waals surface area contributed by atoms with E-state index in [-0.39, 0.29) is 35.4 Å². The maximum Gasteiger partial charge on any atom is 0.247 e. The summed E-state index contributed by atoms with van der Waals surface area (Å²) in [6.45, 7) is 5.36. The molecule has 0 bridgehead atoms. The van der Waals surface area contributed by atoms with Gasteiger partial charge >= 0.3 is 0 Å². The van der Waals surface area contributed by atoms with Gasteiger partial charge < -0.3 is 9.64 Å². The zero-order valence-corrected chi connectivity index (χ0v) is 18.8. The molecule has 4 rings (SSSR count). The molecule has 2 atom stereocenters. The Hall–Kier alpha value is -2.45. The van der Waals surface area contributed by atoms with E-state index in [1.54, 1.807) is 47.0 Å². The molecule has 7 nitrogen and oxygen atoms in total. The highest BCUT2D eigenvalue weighted by atomic mass is 32.2. The van der Waals surface area contributed by atoms with Crippen LogP contribution in [0, 0.1) is 5.92 Å². The van der Waals surface area contributed by atoms with Crippen LogP contribution in [0.15, 0.2) is 53.7 Å². The Morgan fingerprint density at radius 2 is 1.94 bits per heavy atom. The molecule has 3 heterocycles. The second-order valence-electron chi connectivity index (χ2n) is 8.64. The number of likely N-dealkylation sites (tertiary alicyclic amines) is 1. The van der Waals surface area contributed by atoms with Crippen molar-refractivity contribution in [2.75, 3.05) is 13.1 Å². The Morgan fingerprint density at radius 3 is 2.68 bits per heavy atom. The lowest BCUT2D eigenvalue weighted by Crippen LogP contribution is -2.46. The molecule has 0 radical (unpaired) electrons. The van der Waals surface area contributed by atoms with E-state index in [1.807, 2.05) is 24.8 Å². The summed E-state index contributed by atoms with van der Waals surface area (Å²) in [5.74, 6) is 0.786. The van der Waals surface area contributed by atoms with Crippen LogP contribution >= 0.6 is 0 Å². The first-order valence-electron chi connectivity index (χ1n) is 10.8. The maximum atomic E-state index is 13.7. The van der Waals surface area contributed by atoms with Crippen LogP contribution in [0.4, 0.5) is 0 Å². The summed E-state index contributed by atoms with van der Waals surface area (Å²) < 4.78 is 35.2. The molecule has 0 aliphatic carbocycles. The molecule has 1 saturated heterocycles. The zero-order chi connectivity index (χ0) is 22.0. The first-order valence-corrected chi connectivity index (χ1v) is 12.2. The monoisotopic (exact) mass is 443 g/mol. The largest absolute Gasteiger partial charge is 0.487 e. The maximum absolute atomic E-state index is 13.7. The van der Waals surface area contributed by atoms with Gasteiger partial charge in [-0.2, -0.15) is 4.31 Å².